The molecule has 0 aliphatic heterocycles. The Morgan fingerprint density at radius 2 is 1.79 bits per heavy atom. The van der Waals surface area contributed by atoms with Crippen LogP contribution in [-0.2, 0) is 10.0 Å². The van der Waals surface area contributed by atoms with Crippen LogP contribution in [0.25, 0.3) is 11.1 Å². The van der Waals surface area contributed by atoms with Crippen LogP contribution in [0.3, 0.4) is 0 Å². The molecule has 3 rings (SSSR count). The highest BCUT2D eigenvalue weighted by Gasteiger charge is 2.30. The number of hydrogen-bond acceptors (Lipinski definition) is 7. The third-order valence-corrected chi connectivity index (χ3v) is 6.21. The van der Waals surface area contributed by atoms with Gasteiger partial charge in [0.15, 0.2) is 28.6 Å². The molecule has 1 atom stereocenters. The van der Waals surface area contributed by atoms with Gasteiger partial charge in [-0.2, -0.15) is 4.72 Å². The van der Waals surface area contributed by atoms with E-state index in [-0.39, 0.29) is 52.2 Å². The number of benzene rings is 1. The van der Waals surface area contributed by atoms with E-state index in [9.17, 15) is 13.2 Å². The number of quaternary nitrogens is 1. The number of carbonyl (C=O) groups is 1. The molecular weight excluding hydrogens is 546 g/mol. The summed E-state index contributed by atoms with van der Waals surface area (Å²) in [6, 6.07) is 8.48. The monoisotopic (exact) mass is 577 g/mol. The van der Waals surface area contributed by atoms with Crippen molar-refractivity contribution in [1.29, 1.82) is 0 Å². The first kappa shape index (κ1) is 30.0. The van der Waals surface area contributed by atoms with Crippen molar-refractivity contribution < 1.29 is 34.7 Å². The van der Waals surface area contributed by atoms with E-state index < -0.39 is 15.9 Å². The van der Waals surface area contributed by atoms with Gasteiger partial charge in [0.05, 0.1) is 33.4 Å². The molecule has 1 heterocycles. The van der Waals surface area contributed by atoms with Crippen molar-refractivity contribution in [2.24, 2.45) is 0 Å². The zero-order chi connectivity index (χ0) is 24.8. The smallest absolute Gasteiger partial charge is 0.273 e. The lowest BCUT2D eigenvalue weighted by molar-refractivity contribution is -0.916. The summed E-state index contributed by atoms with van der Waals surface area (Å²) in [5, 5.41) is 2.61. The lowest BCUT2D eigenvalue weighted by Crippen LogP contribution is -3.00. The van der Waals surface area contributed by atoms with Gasteiger partial charge in [-0.05, 0) is 23.6 Å². The van der Waals surface area contributed by atoms with Crippen molar-refractivity contribution in [3.63, 3.8) is 0 Å². The van der Waals surface area contributed by atoms with Crippen LogP contribution in [0.4, 0.5) is 11.6 Å². The molecule has 6 N–H and O–H groups in total. The maximum atomic E-state index is 12.3. The van der Waals surface area contributed by atoms with E-state index in [4.69, 9.17) is 23.1 Å². The maximum Gasteiger partial charge on any atom is 0.273 e. The molecule has 0 radical (unpaired) electrons. The normalized spacial score (nSPS) is 12.6. The fourth-order valence-electron chi connectivity index (χ4n) is 3.18. The number of fused-ring (bicyclic) bond motifs is 1. The number of anilines is 2. The minimum Gasteiger partial charge on any atom is -1.00 e. The number of nitrogens with zero attached hydrogens (tertiary/aromatic N) is 3. The minimum atomic E-state index is -3.35. The lowest BCUT2D eigenvalue weighted by atomic mass is 10.2. The largest absolute Gasteiger partial charge is 1.00 e. The molecule has 1 unspecified atom stereocenters. The molecule has 10 nitrogen and oxygen atoms in total. The molecular formula is C21H33BrClN7O3S. The van der Waals surface area contributed by atoms with Crippen LogP contribution in [0.1, 0.15) is 36.7 Å². The van der Waals surface area contributed by atoms with Crippen molar-refractivity contribution in [2.45, 2.75) is 32.4 Å². The van der Waals surface area contributed by atoms with Crippen molar-refractivity contribution in [3.8, 4) is 11.1 Å². The molecule has 13 heteroatoms. The second kappa shape index (κ2) is 12.6. The topological polar surface area (TPSA) is 153 Å². The minimum absolute atomic E-state index is 0. The number of likely N-dealkylation sites (N-methyl/N-ethyl adjacent to an activating group) is 1. The van der Waals surface area contributed by atoms with E-state index in [2.05, 4.69) is 44.3 Å². The third kappa shape index (κ3) is 9.34. The number of nitrogens with two attached hydrogens (primary N) is 2. The van der Waals surface area contributed by atoms with Gasteiger partial charge in [-0.1, -0.05) is 43.1 Å². The first-order valence-corrected chi connectivity index (χ1v) is 12.9. The summed E-state index contributed by atoms with van der Waals surface area (Å²) in [6.45, 7) is 2.81. The quantitative estimate of drug-likeness (QED) is 0.175. The van der Waals surface area contributed by atoms with Crippen molar-refractivity contribution in [2.75, 3.05) is 44.9 Å². The van der Waals surface area contributed by atoms with Gasteiger partial charge in [-0.3, -0.25) is 4.79 Å². The van der Waals surface area contributed by atoms with Gasteiger partial charge in [0, 0.05) is 6.42 Å². The Hall–Kier alpha value is -1.99. The average Bonchev–Trinajstić information content (AvgIpc) is 3.31. The summed E-state index contributed by atoms with van der Waals surface area (Å²) in [5.74, 6) is -0.681. The number of carbonyl (C=O) groups excluding carboxylic acids is 1. The molecule has 0 bridgehead atoms. The van der Waals surface area contributed by atoms with E-state index in [1.165, 1.54) is 11.1 Å². The number of aromatic nitrogens is 2. The molecule has 0 saturated carbocycles. The Morgan fingerprint density at radius 3 is 2.26 bits per heavy atom. The predicted octanol–water partition coefficient (Wildman–Crippen LogP) is -1.16. The summed E-state index contributed by atoms with van der Waals surface area (Å²) in [5.41, 5.74) is 13.9. The summed E-state index contributed by atoms with van der Waals surface area (Å²) >= 11 is 5.79. The summed E-state index contributed by atoms with van der Waals surface area (Å²) in [4.78, 5) is 19.9. The van der Waals surface area contributed by atoms with Gasteiger partial charge in [0.25, 0.3) is 5.91 Å². The number of hydrogen-bond donors (Lipinski definition) is 4. The number of amides is 1. The highest BCUT2D eigenvalue weighted by molar-refractivity contribution is 7.88. The molecule has 0 aromatic carbocycles. The zero-order valence-electron chi connectivity index (χ0n) is 19.8. The summed E-state index contributed by atoms with van der Waals surface area (Å²) in [7, 11) is 0.453. The number of unbranched alkanes of at least 4 members (excludes halogenated alkanes) is 1. The Labute approximate surface area is 216 Å². The SMILES string of the molecule is CCCCC(NS(C)(=O)=O)[N+](C)(C)CCNC(=O)c1nc(Cl)c(N)nc1N.[Br-].c1cc2cc-2c1. The molecule has 0 spiro atoms. The molecule has 1 aromatic heterocycles. The Balaban J connectivity index is 0.000000698. The zero-order valence-corrected chi connectivity index (χ0v) is 23.0. The Kier molecular flexibility index (Phi) is 11.2. The van der Waals surface area contributed by atoms with Crippen LogP contribution in [-0.4, -0.2) is 68.4 Å². The van der Waals surface area contributed by atoms with Gasteiger partial charge >= 0.3 is 0 Å². The van der Waals surface area contributed by atoms with Crippen LogP contribution in [0, 0.1) is 0 Å². The second-order valence-corrected chi connectivity index (χ2v) is 10.7. The van der Waals surface area contributed by atoms with Gasteiger partial charge < -0.3 is 38.2 Å². The van der Waals surface area contributed by atoms with E-state index in [1.807, 2.05) is 21.0 Å². The van der Waals surface area contributed by atoms with Crippen molar-refractivity contribution in [1.82, 2.24) is 20.0 Å². The molecule has 2 aliphatic carbocycles. The number of nitrogen functional groups attached to an aromatic ring is 2. The maximum absolute atomic E-state index is 12.3. The van der Waals surface area contributed by atoms with Gasteiger partial charge in [0.2, 0.25) is 10.0 Å². The number of rotatable bonds is 10. The second-order valence-electron chi connectivity index (χ2n) is 8.52. The molecule has 190 valence electrons. The predicted molar refractivity (Wildman–Crippen MR) is 132 cm³/mol. The molecule has 0 saturated heterocycles. The number of sulfonamides is 1. The Morgan fingerprint density at radius 1 is 1.18 bits per heavy atom. The third-order valence-electron chi connectivity index (χ3n) is 5.23. The van der Waals surface area contributed by atoms with Crippen LogP contribution < -0.4 is 38.5 Å². The molecule has 2 aliphatic rings. The van der Waals surface area contributed by atoms with Gasteiger partial charge in [-0.15, -0.1) is 0 Å². The highest BCUT2D eigenvalue weighted by atomic mass is 79.9. The van der Waals surface area contributed by atoms with Gasteiger partial charge in [-0.25, -0.2) is 18.4 Å². The number of nitrogens with one attached hydrogen (secondary N) is 2. The van der Waals surface area contributed by atoms with E-state index >= 15 is 0 Å². The Bertz CT molecular complexity index is 1080. The summed E-state index contributed by atoms with van der Waals surface area (Å²) in [6.07, 6.45) is 3.37. The molecule has 34 heavy (non-hydrogen) atoms. The van der Waals surface area contributed by atoms with Crippen LogP contribution in [0.15, 0.2) is 24.3 Å². The van der Waals surface area contributed by atoms with Crippen LogP contribution >= 0.6 is 11.6 Å². The highest BCUT2D eigenvalue weighted by Crippen LogP contribution is 2.32. The van der Waals surface area contributed by atoms with Crippen LogP contribution in [0.2, 0.25) is 5.15 Å². The number of halogens is 2. The van der Waals surface area contributed by atoms with Crippen molar-refractivity contribution >= 4 is 39.2 Å². The first-order chi connectivity index (χ1) is 15.3. The standard InChI is InChI=1S/C15H28ClN7O3S.C6H4.BrH/c1-5-6-7-10(22-27(4,25)26)23(2,3)9-8-19-15(24)11-13(17)21-14(18)12(16)20-11;1-2-5-4-6(5)3-1;/h10,22H,5-9H2,1-4H3,(H4-,17,18,19,21,24);1-4H;1H. The van der Waals surface area contributed by atoms with Gasteiger partial charge in [0.1, 0.15) is 0 Å². The fourth-order valence-corrected chi connectivity index (χ4v) is 4.20. The fraction of sp³-hybridized carbons (Fsp3) is 0.476. The van der Waals surface area contributed by atoms with E-state index in [1.54, 1.807) is 0 Å². The molecule has 1 amide bonds. The summed E-state index contributed by atoms with van der Waals surface area (Å²) < 4.78 is 26.4. The molecule has 0 fully saturated rings. The average molecular weight is 579 g/mol. The lowest BCUT2D eigenvalue weighted by Gasteiger charge is -2.38. The van der Waals surface area contributed by atoms with E-state index in [0.717, 1.165) is 19.1 Å². The molecule has 1 aromatic rings. The van der Waals surface area contributed by atoms with Crippen molar-refractivity contribution in [3.05, 3.63) is 35.1 Å². The first-order valence-electron chi connectivity index (χ1n) is 10.6. The van der Waals surface area contributed by atoms with E-state index in [0.29, 0.717) is 17.4 Å². The van der Waals surface area contributed by atoms with Crippen LogP contribution in [0.5, 0.6) is 0 Å².